The van der Waals surface area contributed by atoms with Gasteiger partial charge in [0.2, 0.25) is 0 Å². The van der Waals surface area contributed by atoms with Gasteiger partial charge in [-0.05, 0) is 44.1 Å². The van der Waals surface area contributed by atoms with Crippen LogP contribution in [0, 0.1) is 0 Å². The molecule has 88 valence electrons. The van der Waals surface area contributed by atoms with E-state index in [1.165, 1.54) is 31.4 Å². The third-order valence-electron chi connectivity index (χ3n) is 3.15. The minimum atomic E-state index is 0.681. The summed E-state index contributed by atoms with van der Waals surface area (Å²) in [6, 6.07) is 4.86. The van der Waals surface area contributed by atoms with E-state index in [2.05, 4.69) is 34.4 Å². The van der Waals surface area contributed by atoms with Crippen molar-refractivity contribution in [3.63, 3.8) is 0 Å². The molecule has 16 heavy (non-hydrogen) atoms. The number of nitrogens with zero attached hydrogens (tertiary/aromatic N) is 2. The summed E-state index contributed by atoms with van der Waals surface area (Å²) in [4.78, 5) is 6.42. The highest BCUT2D eigenvalue weighted by Crippen LogP contribution is 2.09. The second-order valence-corrected chi connectivity index (χ2v) is 4.70. The van der Waals surface area contributed by atoms with Crippen LogP contribution in [0.5, 0.6) is 0 Å². The lowest BCUT2D eigenvalue weighted by Gasteiger charge is -2.28. The van der Waals surface area contributed by atoms with Crippen molar-refractivity contribution in [2.75, 3.05) is 20.1 Å². The van der Waals surface area contributed by atoms with E-state index in [-0.39, 0.29) is 0 Å². The SMILES string of the molecule is CN(Cc1ccncc1)C[C@@H]1CCCCN1. The van der Waals surface area contributed by atoms with Crippen molar-refractivity contribution in [1.82, 2.24) is 15.2 Å². The quantitative estimate of drug-likeness (QED) is 0.834. The zero-order chi connectivity index (χ0) is 11.2. The predicted octanol–water partition coefficient (Wildman–Crippen LogP) is 1.66. The second kappa shape index (κ2) is 5.97. The van der Waals surface area contributed by atoms with Gasteiger partial charge >= 0.3 is 0 Å². The summed E-state index contributed by atoms with van der Waals surface area (Å²) in [6.07, 6.45) is 7.76. The Morgan fingerprint density at radius 3 is 2.88 bits per heavy atom. The van der Waals surface area contributed by atoms with Crippen LogP contribution >= 0.6 is 0 Å². The van der Waals surface area contributed by atoms with E-state index >= 15 is 0 Å². The van der Waals surface area contributed by atoms with E-state index in [0.29, 0.717) is 6.04 Å². The number of nitrogens with one attached hydrogen (secondary N) is 1. The molecule has 1 atom stereocenters. The van der Waals surface area contributed by atoms with Gasteiger partial charge in [0.05, 0.1) is 0 Å². The standard InChI is InChI=1S/C13H21N3/c1-16(10-12-5-8-14-9-6-12)11-13-4-2-3-7-15-13/h5-6,8-9,13,15H,2-4,7,10-11H2,1H3/t13-/m0/s1. The van der Waals surface area contributed by atoms with Crippen molar-refractivity contribution in [1.29, 1.82) is 0 Å². The van der Waals surface area contributed by atoms with Crippen molar-refractivity contribution in [2.24, 2.45) is 0 Å². The van der Waals surface area contributed by atoms with E-state index in [1.807, 2.05) is 12.4 Å². The van der Waals surface area contributed by atoms with Crippen molar-refractivity contribution in [3.8, 4) is 0 Å². The van der Waals surface area contributed by atoms with Crippen LogP contribution in [-0.4, -0.2) is 36.1 Å². The molecule has 0 bridgehead atoms. The molecule has 1 aliphatic rings. The summed E-state index contributed by atoms with van der Waals surface area (Å²) >= 11 is 0. The van der Waals surface area contributed by atoms with Gasteiger partial charge in [-0.2, -0.15) is 0 Å². The monoisotopic (exact) mass is 219 g/mol. The Kier molecular flexibility index (Phi) is 4.31. The molecule has 0 spiro atoms. The van der Waals surface area contributed by atoms with Gasteiger partial charge in [-0.3, -0.25) is 4.98 Å². The maximum atomic E-state index is 4.04. The van der Waals surface area contributed by atoms with E-state index in [0.717, 1.165) is 13.1 Å². The molecule has 3 nitrogen and oxygen atoms in total. The molecule has 0 amide bonds. The number of pyridine rings is 1. The fourth-order valence-electron chi connectivity index (χ4n) is 2.32. The molecule has 1 aromatic heterocycles. The van der Waals surface area contributed by atoms with E-state index < -0.39 is 0 Å². The second-order valence-electron chi connectivity index (χ2n) is 4.70. The third kappa shape index (κ3) is 3.58. The van der Waals surface area contributed by atoms with Gasteiger partial charge in [-0.15, -0.1) is 0 Å². The molecule has 3 heteroatoms. The minimum Gasteiger partial charge on any atom is -0.313 e. The van der Waals surface area contributed by atoms with Crippen LogP contribution in [0.15, 0.2) is 24.5 Å². The van der Waals surface area contributed by atoms with Crippen LogP contribution in [0.3, 0.4) is 0 Å². The van der Waals surface area contributed by atoms with Crippen LogP contribution in [-0.2, 0) is 6.54 Å². The van der Waals surface area contributed by atoms with E-state index in [9.17, 15) is 0 Å². The Hall–Kier alpha value is -0.930. The average molecular weight is 219 g/mol. The Morgan fingerprint density at radius 1 is 1.38 bits per heavy atom. The molecule has 1 N–H and O–H groups in total. The van der Waals surface area contributed by atoms with Crippen LogP contribution in [0.1, 0.15) is 24.8 Å². The summed E-state index contributed by atoms with van der Waals surface area (Å²) in [5.74, 6) is 0. The molecule has 0 saturated carbocycles. The first-order valence-corrected chi connectivity index (χ1v) is 6.15. The van der Waals surface area contributed by atoms with Crippen molar-refractivity contribution in [3.05, 3.63) is 30.1 Å². The maximum absolute atomic E-state index is 4.04. The van der Waals surface area contributed by atoms with Crippen LogP contribution in [0.4, 0.5) is 0 Å². The van der Waals surface area contributed by atoms with Gasteiger partial charge < -0.3 is 10.2 Å². The van der Waals surface area contributed by atoms with Gasteiger partial charge in [0, 0.05) is 31.5 Å². The molecule has 0 aliphatic carbocycles. The minimum absolute atomic E-state index is 0.681. The van der Waals surface area contributed by atoms with Crippen molar-refractivity contribution < 1.29 is 0 Å². The van der Waals surface area contributed by atoms with Gasteiger partial charge in [-0.25, -0.2) is 0 Å². The largest absolute Gasteiger partial charge is 0.313 e. The third-order valence-corrected chi connectivity index (χ3v) is 3.15. The lowest BCUT2D eigenvalue weighted by molar-refractivity contribution is 0.256. The molecule has 0 unspecified atom stereocenters. The summed E-state index contributed by atoms with van der Waals surface area (Å²) in [5.41, 5.74) is 1.34. The number of likely N-dealkylation sites (N-methyl/N-ethyl adjacent to an activating group) is 1. The van der Waals surface area contributed by atoms with E-state index in [4.69, 9.17) is 0 Å². The lowest BCUT2D eigenvalue weighted by atomic mass is 10.0. The molecule has 2 heterocycles. The highest BCUT2D eigenvalue weighted by molar-refractivity contribution is 5.09. The Labute approximate surface area is 97.9 Å². The molecular formula is C13H21N3. The molecule has 1 saturated heterocycles. The van der Waals surface area contributed by atoms with Gasteiger partial charge in [0.1, 0.15) is 0 Å². The van der Waals surface area contributed by atoms with Gasteiger partial charge in [0.15, 0.2) is 0 Å². The van der Waals surface area contributed by atoms with Crippen molar-refractivity contribution in [2.45, 2.75) is 31.8 Å². The summed E-state index contributed by atoms with van der Waals surface area (Å²) in [6.45, 7) is 3.34. The molecule has 1 aliphatic heterocycles. The zero-order valence-corrected chi connectivity index (χ0v) is 10.0. The normalized spacial score (nSPS) is 21.2. The lowest BCUT2D eigenvalue weighted by Crippen LogP contribution is -2.42. The Balaban J connectivity index is 1.77. The smallest absolute Gasteiger partial charge is 0.0271 e. The molecule has 1 aromatic rings. The van der Waals surface area contributed by atoms with Crippen molar-refractivity contribution >= 4 is 0 Å². The van der Waals surface area contributed by atoms with E-state index in [1.54, 1.807) is 0 Å². The first-order valence-electron chi connectivity index (χ1n) is 6.15. The predicted molar refractivity (Wildman–Crippen MR) is 66.2 cm³/mol. The number of hydrogen-bond donors (Lipinski definition) is 1. The number of rotatable bonds is 4. The topological polar surface area (TPSA) is 28.2 Å². The fraction of sp³-hybridized carbons (Fsp3) is 0.615. The van der Waals surface area contributed by atoms with Crippen LogP contribution in [0.25, 0.3) is 0 Å². The molecule has 1 fully saturated rings. The molecule has 0 radical (unpaired) electrons. The van der Waals surface area contributed by atoms with Crippen LogP contribution in [0.2, 0.25) is 0 Å². The fourth-order valence-corrected chi connectivity index (χ4v) is 2.32. The molecular weight excluding hydrogens is 198 g/mol. The summed E-state index contributed by atoms with van der Waals surface area (Å²) < 4.78 is 0. The maximum Gasteiger partial charge on any atom is 0.0271 e. The molecule has 2 rings (SSSR count). The summed E-state index contributed by atoms with van der Waals surface area (Å²) in [5, 5.41) is 3.58. The highest BCUT2D eigenvalue weighted by Gasteiger charge is 2.14. The average Bonchev–Trinajstić information content (AvgIpc) is 2.31. The Morgan fingerprint density at radius 2 is 2.19 bits per heavy atom. The first kappa shape index (κ1) is 11.6. The zero-order valence-electron chi connectivity index (χ0n) is 10.0. The Bertz CT molecular complexity index is 293. The first-order chi connectivity index (χ1) is 7.84. The number of aromatic nitrogens is 1. The summed E-state index contributed by atoms with van der Waals surface area (Å²) in [7, 11) is 2.19. The van der Waals surface area contributed by atoms with Gasteiger partial charge in [-0.1, -0.05) is 6.42 Å². The van der Waals surface area contributed by atoms with Gasteiger partial charge in [0.25, 0.3) is 0 Å². The van der Waals surface area contributed by atoms with Crippen LogP contribution < -0.4 is 5.32 Å². The number of hydrogen-bond acceptors (Lipinski definition) is 3. The highest BCUT2D eigenvalue weighted by atomic mass is 15.1. The number of piperidine rings is 1. The molecule has 0 aromatic carbocycles.